The van der Waals surface area contributed by atoms with Gasteiger partial charge >= 0.3 is 0 Å². The topological polar surface area (TPSA) is 55.1 Å². The molecule has 2 unspecified atom stereocenters. The molecular weight excluding hydrogens is 344 g/mol. The molecule has 0 heterocycles. The number of hydrogen-bond donors (Lipinski definition) is 2. The van der Waals surface area contributed by atoms with Gasteiger partial charge in [-0.05, 0) is 47.2 Å². The second kappa shape index (κ2) is 8.57. The lowest BCUT2D eigenvalue weighted by molar-refractivity contribution is -0.122. The van der Waals surface area contributed by atoms with Gasteiger partial charge in [0.05, 0.1) is 5.92 Å². The van der Waals surface area contributed by atoms with Crippen LogP contribution in [0.2, 0.25) is 0 Å². The molecule has 144 valence electrons. The van der Waals surface area contributed by atoms with E-state index in [1.54, 1.807) is 0 Å². The first-order valence-corrected chi connectivity index (χ1v) is 10.3. The van der Waals surface area contributed by atoms with Crippen LogP contribution in [-0.2, 0) is 4.79 Å². The third-order valence-corrected chi connectivity index (χ3v) is 6.05. The Morgan fingerprint density at radius 3 is 2.29 bits per heavy atom. The molecule has 1 amide bonds. The second-order valence-corrected chi connectivity index (χ2v) is 7.91. The van der Waals surface area contributed by atoms with Crippen LogP contribution < -0.4 is 11.1 Å². The number of nitrogens with one attached hydrogen (secondary N) is 1. The molecule has 1 fully saturated rings. The maximum Gasteiger partial charge on any atom is 0.229 e. The lowest BCUT2D eigenvalue weighted by Crippen LogP contribution is -2.38. The maximum absolute atomic E-state index is 13.4. The van der Waals surface area contributed by atoms with E-state index in [9.17, 15) is 4.79 Å². The van der Waals surface area contributed by atoms with E-state index in [-0.39, 0.29) is 17.9 Å². The summed E-state index contributed by atoms with van der Waals surface area (Å²) in [6, 6.07) is 24.0. The van der Waals surface area contributed by atoms with Crippen molar-refractivity contribution in [2.24, 2.45) is 17.6 Å². The van der Waals surface area contributed by atoms with E-state index in [0.717, 1.165) is 29.5 Å². The normalized spacial score (nSPS) is 17.2. The van der Waals surface area contributed by atoms with Gasteiger partial charge < -0.3 is 11.1 Å². The Morgan fingerprint density at radius 1 is 0.857 bits per heavy atom. The molecule has 3 aromatic rings. The number of amides is 1. The fourth-order valence-electron chi connectivity index (χ4n) is 4.54. The zero-order valence-corrected chi connectivity index (χ0v) is 16.2. The van der Waals surface area contributed by atoms with Gasteiger partial charge in [-0.25, -0.2) is 0 Å². The fourth-order valence-corrected chi connectivity index (χ4v) is 4.54. The van der Waals surface area contributed by atoms with Gasteiger partial charge in [0.25, 0.3) is 0 Å². The van der Waals surface area contributed by atoms with Gasteiger partial charge in [-0.1, -0.05) is 79.9 Å². The molecule has 0 saturated heterocycles. The summed E-state index contributed by atoms with van der Waals surface area (Å²) >= 11 is 0. The number of fused-ring (bicyclic) bond motifs is 1. The zero-order chi connectivity index (χ0) is 19.3. The maximum atomic E-state index is 13.4. The van der Waals surface area contributed by atoms with Crippen molar-refractivity contribution < 1.29 is 4.79 Å². The number of hydrogen-bond acceptors (Lipinski definition) is 2. The Bertz CT molecular complexity index is 931. The summed E-state index contributed by atoms with van der Waals surface area (Å²) in [6.07, 6.45) is 5.79. The van der Waals surface area contributed by atoms with Crippen LogP contribution in [-0.4, -0.2) is 5.91 Å². The van der Waals surface area contributed by atoms with Crippen LogP contribution in [0.4, 0.5) is 5.69 Å². The molecule has 3 aromatic carbocycles. The summed E-state index contributed by atoms with van der Waals surface area (Å²) in [5, 5.41) is 5.46. The van der Waals surface area contributed by atoms with Gasteiger partial charge in [0.2, 0.25) is 5.91 Å². The van der Waals surface area contributed by atoms with Crippen LogP contribution in [0.25, 0.3) is 10.8 Å². The van der Waals surface area contributed by atoms with Crippen molar-refractivity contribution in [2.45, 2.75) is 38.1 Å². The molecule has 28 heavy (non-hydrogen) atoms. The monoisotopic (exact) mass is 372 g/mol. The second-order valence-electron chi connectivity index (χ2n) is 7.91. The summed E-state index contributed by atoms with van der Waals surface area (Å²) in [6.45, 7) is 0. The molecule has 1 aliphatic rings. The SMILES string of the molecule is NC(c1ccccc1)C(C(=O)Nc1ccc2ccccc2c1)C1CCCCC1. The third kappa shape index (κ3) is 4.10. The Morgan fingerprint density at radius 2 is 1.54 bits per heavy atom. The number of nitrogens with two attached hydrogens (primary N) is 1. The molecule has 4 rings (SSSR count). The highest BCUT2D eigenvalue weighted by Gasteiger charge is 2.35. The summed E-state index contributed by atoms with van der Waals surface area (Å²) in [5.41, 5.74) is 8.53. The molecule has 3 N–H and O–H groups in total. The first-order chi connectivity index (χ1) is 13.7. The highest BCUT2D eigenvalue weighted by molar-refractivity contribution is 5.96. The smallest absolute Gasteiger partial charge is 0.229 e. The van der Waals surface area contributed by atoms with E-state index >= 15 is 0 Å². The molecule has 1 aliphatic carbocycles. The Hall–Kier alpha value is -2.65. The van der Waals surface area contributed by atoms with Gasteiger partial charge in [-0.3, -0.25) is 4.79 Å². The average molecular weight is 373 g/mol. The molecule has 0 spiro atoms. The first-order valence-electron chi connectivity index (χ1n) is 10.3. The Labute approximate surface area is 167 Å². The standard InChI is InChI=1S/C25H28N2O/c26-24(20-12-5-2-6-13-20)23(19-10-3-1-4-11-19)25(28)27-22-16-15-18-9-7-8-14-21(18)17-22/h2,5-9,12-17,19,23-24H,1,3-4,10-11,26H2,(H,27,28). The van der Waals surface area contributed by atoms with Crippen molar-refractivity contribution in [3.05, 3.63) is 78.4 Å². The number of carbonyl (C=O) groups excluding carboxylic acids is 1. The van der Waals surface area contributed by atoms with Crippen LogP contribution in [0.3, 0.4) is 0 Å². The highest BCUT2D eigenvalue weighted by Crippen LogP contribution is 2.37. The third-order valence-electron chi connectivity index (χ3n) is 6.05. The number of benzene rings is 3. The van der Waals surface area contributed by atoms with Crippen molar-refractivity contribution in [1.29, 1.82) is 0 Å². The van der Waals surface area contributed by atoms with Gasteiger partial charge in [0.15, 0.2) is 0 Å². The average Bonchev–Trinajstić information content (AvgIpc) is 2.75. The van der Waals surface area contributed by atoms with Crippen LogP contribution in [0, 0.1) is 11.8 Å². The molecule has 0 radical (unpaired) electrons. The predicted molar refractivity (Wildman–Crippen MR) is 116 cm³/mol. The summed E-state index contributed by atoms with van der Waals surface area (Å²) in [5.74, 6) is 0.164. The van der Waals surface area contributed by atoms with Crippen molar-refractivity contribution in [3.8, 4) is 0 Å². The zero-order valence-electron chi connectivity index (χ0n) is 16.2. The van der Waals surface area contributed by atoms with Crippen molar-refractivity contribution in [1.82, 2.24) is 0 Å². The Balaban J connectivity index is 1.59. The number of anilines is 1. The van der Waals surface area contributed by atoms with Gasteiger partial charge in [-0.15, -0.1) is 0 Å². The van der Waals surface area contributed by atoms with Gasteiger partial charge in [0, 0.05) is 11.7 Å². The molecule has 0 aromatic heterocycles. The van der Waals surface area contributed by atoms with E-state index in [1.165, 1.54) is 24.6 Å². The minimum absolute atomic E-state index is 0.0403. The van der Waals surface area contributed by atoms with E-state index < -0.39 is 0 Å². The predicted octanol–water partition coefficient (Wildman–Crippen LogP) is 5.67. The van der Waals surface area contributed by atoms with E-state index in [0.29, 0.717) is 5.92 Å². The largest absolute Gasteiger partial charge is 0.326 e. The van der Waals surface area contributed by atoms with Crippen LogP contribution in [0.1, 0.15) is 43.7 Å². The molecule has 3 nitrogen and oxygen atoms in total. The van der Waals surface area contributed by atoms with Crippen LogP contribution in [0.5, 0.6) is 0 Å². The number of rotatable bonds is 5. The van der Waals surface area contributed by atoms with E-state index in [1.807, 2.05) is 54.6 Å². The van der Waals surface area contributed by atoms with Gasteiger partial charge in [-0.2, -0.15) is 0 Å². The van der Waals surface area contributed by atoms with Gasteiger partial charge in [0.1, 0.15) is 0 Å². The highest BCUT2D eigenvalue weighted by atomic mass is 16.1. The summed E-state index contributed by atoms with van der Waals surface area (Å²) in [4.78, 5) is 13.4. The van der Waals surface area contributed by atoms with E-state index in [4.69, 9.17) is 5.73 Å². The quantitative estimate of drug-likeness (QED) is 0.606. The molecule has 1 saturated carbocycles. The fraction of sp³-hybridized carbons (Fsp3) is 0.320. The van der Waals surface area contributed by atoms with Crippen molar-refractivity contribution in [2.75, 3.05) is 5.32 Å². The molecule has 0 aliphatic heterocycles. The first kappa shape index (κ1) is 18.7. The molecule has 2 atom stereocenters. The minimum atomic E-state index is -0.287. The van der Waals surface area contributed by atoms with E-state index in [2.05, 4.69) is 23.5 Å². The molecular formula is C25H28N2O. The van der Waals surface area contributed by atoms with Crippen LogP contribution >= 0.6 is 0 Å². The lowest BCUT2D eigenvalue weighted by Gasteiger charge is -2.33. The molecule has 0 bridgehead atoms. The Kier molecular flexibility index (Phi) is 5.73. The molecule has 3 heteroatoms. The summed E-state index contributed by atoms with van der Waals surface area (Å²) in [7, 11) is 0. The summed E-state index contributed by atoms with van der Waals surface area (Å²) < 4.78 is 0. The minimum Gasteiger partial charge on any atom is -0.326 e. The number of carbonyl (C=O) groups is 1. The van der Waals surface area contributed by atoms with Crippen LogP contribution in [0.15, 0.2) is 72.8 Å². The lowest BCUT2D eigenvalue weighted by atomic mass is 9.74. The van der Waals surface area contributed by atoms with Crippen molar-refractivity contribution >= 4 is 22.4 Å². The van der Waals surface area contributed by atoms with Crippen molar-refractivity contribution in [3.63, 3.8) is 0 Å².